The summed E-state index contributed by atoms with van der Waals surface area (Å²) >= 11 is 3.17. The van der Waals surface area contributed by atoms with E-state index in [0.29, 0.717) is 23.3 Å². The maximum atomic E-state index is 11.4. The van der Waals surface area contributed by atoms with Crippen LogP contribution in [0.1, 0.15) is 16.9 Å². The molecule has 0 saturated heterocycles. The van der Waals surface area contributed by atoms with Gasteiger partial charge in [-0.3, -0.25) is 4.79 Å². The zero-order chi connectivity index (χ0) is 10.4. The van der Waals surface area contributed by atoms with Crippen molar-refractivity contribution >= 4 is 21.8 Å². The summed E-state index contributed by atoms with van der Waals surface area (Å²) in [6.45, 7) is 0.351. The minimum absolute atomic E-state index is 0.262. The van der Waals surface area contributed by atoms with Gasteiger partial charge in [-0.25, -0.2) is 4.98 Å². The van der Waals surface area contributed by atoms with Crippen molar-refractivity contribution in [1.29, 1.82) is 5.26 Å². The third-order valence-corrected chi connectivity index (χ3v) is 1.91. The predicted octanol–water partition coefficient (Wildman–Crippen LogP) is 1.49. The Kier molecular flexibility index (Phi) is 4.08. The number of carbonyl (C=O) groups is 1. The highest BCUT2D eigenvalue weighted by molar-refractivity contribution is 9.10. The molecule has 0 radical (unpaired) electrons. The van der Waals surface area contributed by atoms with E-state index in [-0.39, 0.29) is 5.91 Å². The normalized spacial score (nSPS) is 9.14. The van der Waals surface area contributed by atoms with Crippen molar-refractivity contribution in [1.82, 2.24) is 10.3 Å². The van der Waals surface area contributed by atoms with Gasteiger partial charge < -0.3 is 5.32 Å². The van der Waals surface area contributed by atoms with Crippen molar-refractivity contribution < 1.29 is 4.79 Å². The maximum absolute atomic E-state index is 11.4. The van der Waals surface area contributed by atoms with Crippen LogP contribution in [0.25, 0.3) is 0 Å². The molecule has 0 aromatic carbocycles. The zero-order valence-electron chi connectivity index (χ0n) is 7.33. The number of nitriles is 1. The van der Waals surface area contributed by atoms with Gasteiger partial charge in [0.15, 0.2) is 0 Å². The lowest BCUT2D eigenvalue weighted by atomic mass is 10.3. The van der Waals surface area contributed by atoms with Crippen molar-refractivity contribution in [3.8, 4) is 6.07 Å². The number of pyridine rings is 1. The van der Waals surface area contributed by atoms with Crippen molar-refractivity contribution in [2.75, 3.05) is 6.54 Å². The first kappa shape index (κ1) is 10.7. The van der Waals surface area contributed by atoms with E-state index >= 15 is 0 Å². The van der Waals surface area contributed by atoms with Gasteiger partial charge in [-0.05, 0) is 28.1 Å². The van der Waals surface area contributed by atoms with Crippen LogP contribution in [0, 0.1) is 11.3 Å². The molecule has 1 N–H and O–H groups in total. The van der Waals surface area contributed by atoms with E-state index in [9.17, 15) is 4.79 Å². The molecule has 0 unspecified atom stereocenters. The van der Waals surface area contributed by atoms with E-state index < -0.39 is 0 Å². The van der Waals surface area contributed by atoms with Crippen LogP contribution >= 0.6 is 15.9 Å². The van der Waals surface area contributed by atoms with Crippen LogP contribution in [-0.2, 0) is 0 Å². The number of hydrogen-bond acceptors (Lipinski definition) is 3. The van der Waals surface area contributed by atoms with Gasteiger partial charge in [-0.15, -0.1) is 0 Å². The van der Waals surface area contributed by atoms with E-state index in [0.717, 1.165) is 0 Å². The molecule has 0 aliphatic heterocycles. The van der Waals surface area contributed by atoms with Crippen molar-refractivity contribution in [2.45, 2.75) is 6.42 Å². The predicted molar refractivity (Wildman–Crippen MR) is 54.5 cm³/mol. The highest BCUT2D eigenvalue weighted by Gasteiger charge is 2.05. The molecule has 0 spiro atoms. The maximum Gasteiger partial charge on any atom is 0.269 e. The Balaban J connectivity index is 2.57. The van der Waals surface area contributed by atoms with Gasteiger partial charge in [-0.2, -0.15) is 5.26 Å². The Labute approximate surface area is 90.1 Å². The second kappa shape index (κ2) is 5.35. The molecule has 1 amide bonds. The van der Waals surface area contributed by atoms with Crippen LogP contribution in [-0.4, -0.2) is 17.4 Å². The molecule has 1 rings (SSSR count). The van der Waals surface area contributed by atoms with Gasteiger partial charge >= 0.3 is 0 Å². The second-order valence-corrected chi connectivity index (χ2v) is 3.32. The van der Waals surface area contributed by atoms with Crippen LogP contribution < -0.4 is 5.32 Å². The Morgan fingerprint density at radius 3 is 3.07 bits per heavy atom. The van der Waals surface area contributed by atoms with E-state index in [1.54, 1.807) is 18.2 Å². The molecule has 14 heavy (non-hydrogen) atoms. The van der Waals surface area contributed by atoms with Gasteiger partial charge in [0.05, 0.1) is 12.5 Å². The van der Waals surface area contributed by atoms with Crippen LogP contribution in [0.15, 0.2) is 22.8 Å². The number of carbonyl (C=O) groups excluding carboxylic acids is 1. The molecule has 0 bridgehead atoms. The number of nitrogens with zero attached hydrogens (tertiary/aromatic N) is 2. The minimum Gasteiger partial charge on any atom is -0.350 e. The van der Waals surface area contributed by atoms with Gasteiger partial charge in [0, 0.05) is 6.54 Å². The topological polar surface area (TPSA) is 65.8 Å². The zero-order valence-corrected chi connectivity index (χ0v) is 8.91. The molecule has 72 valence electrons. The SMILES string of the molecule is N#CCCNC(=O)c1cccc(Br)n1. The summed E-state index contributed by atoms with van der Waals surface area (Å²) in [6.07, 6.45) is 0.305. The molecule has 0 aliphatic carbocycles. The molecule has 0 aliphatic rings. The standard InChI is InChI=1S/C9H8BrN3O/c10-8-4-1-3-7(13-8)9(14)12-6-2-5-11/h1,3-4H,2,6H2,(H,12,14). The molecular weight excluding hydrogens is 246 g/mol. The van der Waals surface area contributed by atoms with Gasteiger partial charge in [0.25, 0.3) is 5.91 Å². The second-order valence-electron chi connectivity index (χ2n) is 2.51. The van der Waals surface area contributed by atoms with Crippen molar-refractivity contribution in [3.05, 3.63) is 28.5 Å². The number of halogens is 1. The number of amides is 1. The third-order valence-electron chi connectivity index (χ3n) is 1.47. The van der Waals surface area contributed by atoms with E-state index in [4.69, 9.17) is 5.26 Å². The Morgan fingerprint density at radius 2 is 2.43 bits per heavy atom. The lowest BCUT2D eigenvalue weighted by Crippen LogP contribution is -2.25. The summed E-state index contributed by atoms with van der Waals surface area (Å²) in [4.78, 5) is 15.3. The fraction of sp³-hybridized carbons (Fsp3) is 0.222. The molecule has 0 saturated carbocycles. The average Bonchev–Trinajstić information content (AvgIpc) is 2.18. The van der Waals surface area contributed by atoms with Crippen LogP contribution in [0.3, 0.4) is 0 Å². The quantitative estimate of drug-likeness (QED) is 0.656. The average molecular weight is 254 g/mol. The summed E-state index contributed by atoms with van der Waals surface area (Å²) in [5, 5.41) is 10.9. The molecule has 4 nitrogen and oxygen atoms in total. The molecule has 0 atom stereocenters. The highest BCUT2D eigenvalue weighted by Crippen LogP contribution is 2.05. The minimum atomic E-state index is -0.262. The number of aromatic nitrogens is 1. The lowest BCUT2D eigenvalue weighted by molar-refractivity contribution is 0.0949. The molecular formula is C9H8BrN3O. The first-order valence-electron chi connectivity index (χ1n) is 4.02. The summed E-state index contributed by atoms with van der Waals surface area (Å²) < 4.78 is 0.616. The smallest absolute Gasteiger partial charge is 0.269 e. The molecule has 0 fully saturated rings. The Bertz CT molecular complexity index is 373. The summed E-state index contributed by atoms with van der Waals surface area (Å²) in [5.41, 5.74) is 0.345. The number of nitrogens with one attached hydrogen (secondary N) is 1. The number of rotatable bonds is 3. The fourth-order valence-electron chi connectivity index (χ4n) is 0.857. The van der Waals surface area contributed by atoms with Crippen molar-refractivity contribution in [2.24, 2.45) is 0 Å². The lowest BCUT2D eigenvalue weighted by Gasteiger charge is -2.01. The van der Waals surface area contributed by atoms with Gasteiger partial charge in [-0.1, -0.05) is 6.07 Å². The summed E-state index contributed by atoms with van der Waals surface area (Å²) in [5.74, 6) is -0.262. The first-order chi connectivity index (χ1) is 6.74. The highest BCUT2D eigenvalue weighted by atomic mass is 79.9. The fourth-order valence-corrected chi connectivity index (χ4v) is 1.20. The summed E-state index contributed by atoms with van der Waals surface area (Å²) in [7, 11) is 0. The van der Waals surface area contributed by atoms with E-state index in [1.165, 1.54) is 0 Å². The molecule has 1 aromatic heterocycles. The number of hydrogen-bond donors (Lipinski definition) is 1. The van der Waals surface area contributed by atoms with Crippen LogP contribution in [0.5, 0.6) is 0 Å². The Hall–Kier alpha value is -1.41. The summed E-state index contributed by atoms with van der Waals surface area (Å²) in [6, 6.07) is 7.03. The Morgan fingerprint density at radius 1 is 1.64 bits per heavy atom. The van der Waals surface area contributed by atoms with E-state index in [1.807, 2.05) is 6.07 Å². The molecule has 1 aromatic rings. The first-order valence-corrected chi connectivity index (χ1v) is 4.81. The van der Waals surface area contributed by atoms with Crippen LogP contribution in [0.2, 0.25) is 0 Å². The van der Waals surface area contributed by atoms with Crippen molar-refractivity contribution in [3.63, 3.8) is 0 Å². The van der Waals surface area contributed by atoms with Crippen LogP contribution in [0.4, 0.5) is 0 Å². The largest absolute Gasteiger partial charge is 0.350 e. The van der Waals surface area contributed by atoms with E-state index in [2.05, 4.69) is 26.2 Å². The molecule has 1 heterocycles. The monoisotopic (exact) mass is 253 g/mol. The van der Waals surface area contributed by atoms with Gasteiger partial charge in [0.1, 0.15) is 10.3 Å². The molecule has 5 heteroatoms. The van der Waals surface area contributed by atoms with Gasteiger partial charge in [0.2, 0.25) is 0 Å². The third kappa shape index (κ3) is 3.15.